The first kappa shape index (κ1) is 13.8. The molecule has 0 radical (unpaired) electrons. The summed E-state index contributed by atoms with van der Waals surface area (Å²) in [6.45, 7) is 0. The van der Waals surface area contributed by atoms with Gasteiger partial charge in [0.1, 0.15) is 0 Å². The van der Waals surface area contributed by atoms with Crippen molar-refractivity contribution in [3.8, 4) is 6.07 Å². The molecule has 0 spiro atoms. The molecule has 0 bridgehead atoms. The number of nitrogens with zero attached hydrogens (tertiary/aromatic N) is 1. The molecule has 0 atom stereocenters. The van der Waals surface area contributed by atoms with Crippen LogP contribution in [-0.2, 0) is 0 Å². The smallest absolute Gasteiger partial charge is 0.0998 e. The van der Waals surface area contributed by atoms with Gasteiger partial charge in [-0.3, -0.25) is 0 Å². The van der Waals surface area contributed by atoms with E-state index in [1.165, 1.54) is 10.1 Å². The van der Waals surface area contributed by atoms with E-state index in [0.29, 0.717) is 5.57 Å². The fourth-order valence-corrected chi connectivity index (χ4v) is 3.82. The van der Waals surface area contributed by atoms with E-state index >= 15 is 0 Å². The zero-order valence-electron chi connectivity index (χ0n) is 12.4. The van der Waals surface area contributed by atoms with E-state index in [2.05, 4.69) is 41.8 Å². The van der Waals surface area contributed by atoms with Gasteiger partial charge in [0.2, 0.25) is 0 Å². The Balaban J connectivity index is 1.93. The predicted molar refractivity (Wildman–Crippen MR) is 99.3 cm³/mol. The number of hydrogen-bond acceptors (Lipinski definition) is 2. The fraction of sp³-hybridized carbons (Fsp3) is 0. The number of rotatable bonds is 2. The maximum absolute atomic E-state index is 9.69. The molecule has 0 N–H and O–H groups in total. The molecule has 0 aliphatic carbocycles. The van der Waals surface area contributed by atoms with E-state index in [1.807, 2.05) is 42.5 Å². The molecule has 4 aromatic rings. The molecule has 0 aliphatic heterocycles. The summed E-state index contributed by atoms with van der Waals surface area (Å²) >= 11 is 1.71. The molecular formula is C21H13NS. The van der Waals surface area contributed by atoms with Gasteiger partial charge in [0, 0.05) is 10.3 Å². The van der Waals surface area contributed by atoms with Gasteiger partial charge >= 0.3 is 0 Å². The standard InChI is InChI=1S/C21H13NS/c22-13-16(12-17-14-23-21-11-4-3-9-20(17)21)19-10-5-7-15-6-1-2-8-18(15)19/h1-12,14H/b16-12+. The van der Waals surface area contributed by atoms with Crippen molar-refractivity contribution in [2.75, 3.05) is 0 Å². The third kappa shape index (κ3) is 2.42. The van der Waals surface area contributed by atoms with Gasteiger partial charge in [-0.05, 0) is 39.2 Å². The highest BCUT2D eigenvalue weighted by atomic mass is 32.1. The Bertz CT molecular complexity index is 1070. The second-order valence-electron chi connectivity index (χ2n) is 5.38. The number of nitriles is 1. The Morgan fingerprint density at radius 3 is 2.48 bits per heavy atom. The molecule has 0 unspecified atom stereocenters. The second-order valence-corrected chi connectivity index (χ2v) is 6.29. The van der Waals surface area contributed by atoms with Crippen LogP contribution in [0.5, 0.6) is 0 Å². The van der Waals surface area contributed by atoms with E-state index in [4.69, 9.17) is 0 Å². The molecule has 1 nitrogen and oxygen atoms in total. The highest BCUT2D eigenvalue weighted by molar-refractivity contribution is 7.17. The van der Waals surface area contributed by atoms with Crippen LogP contribution in [-0.4, -0.2) is 0 Å². The highest BCUT2D eigenvalue weighted by Crippen LogP contribution is 2.31. The minimum atomic E-state index is 0.699. The second kappa shape index (κ2) is 5.72. The van der Waals surface area contributed by atoms with Crippen LogP contribution in [0.1, 0.15) is 11.1 Å². The maximum atomic E-state index is 9.69. The first-order valence-corrected chi connectivity index (χ1v) is 8.31. The number of fused-ring (bicyclic) bond motifs is 2. The molecule has 23 heavy (non-hydrogen) atoms. The monoisotopic (exact) mass is 311 g/mol. The summed E-state index contributed by atoms with van der Waals surface area (Å²) in [6.07, 6.45) is 2.00. The van der Waals surface area contributed by atoms with Crippen molar-refractivity contribution in [2.24, 2.45) is 0 Å². The third-order valence-corrected chi connectivity index (χ3v) is 4.99. The predicted octanol–water partition coefficient (Wildman–Crippen LogP) is 6.12. The Hall–Kier alpha value is -2.89. The first-order valence-electron chi connectivity index (χ1n) is 7.43. The minimum absolute atomic E-state index is 0.699. The largest absolute Gasteiger partial charge is 0.192 e. The number of benzene rings is 3. The average molecular weight is 311 g/mol. The maximum Gasteiger partial charge on any atom is 0.0998 e. The van der Waals surface area contributed by atoms with Gasteiger partial charge in [-0.2, -0.15) is 5.26 Å². The van der Waals surface area contributed by atoms with Crippen molar-refractivity contribution in [2.45, 2.75) is 0 Å². The van der Waals surface area contributed by atoms with E-state index in [9.17, 15) is 5.26 Å². The van der Waals surface area contributed by atoms with Crippen molar-refractivity contribution >= 4 is 43.8 Å². The molecule has 0 fully saturated rings. The van der Waals surface area contributed by atoms with Gasteiger partial charge in [0.05, 0.1) is 11.6 Å². The summed E-state index contributed by atoms with van der Waals surface area (Å²) in [5.74, 6) is 0. The molecule has 1 aromatic heterocycles. The Labute approximate surface area is 138 Å². The van der Waals surface area contributed by atoms with E-state index in [-0.39, 0.29) is 0 Å². The van der Waals surface area contributed by atoms with Crippen LogP contribution in [0.15, 0.2) is 72.1 Å². The summed E-state index contributed by atoms with van der Waals surface area (Å²) in [7, 11) is 0. The molecular weight excluding hydrogens is 298 g/mol. The highest BCUT2D eigenvalue weighted by Gasteiger charge is 2.08. The van der Waals surface area contributed by atoms with Gasteiger partial charge in [0.15, 0.2) is 0 Å². The average Bonchev–Trinajstić information content (AvgIpc) is 3.02. The normalized spacial score (nSPS) is 11.7. The van der Waals surface area contributed by atoms with Crippen LogP contribution in [0.3, 0.4) is 0 Å². The summed E-state index contributed by atoms with van der Waals surface area (Å²) in [4.78, 5) is 0. The van der Waals surface area contributed by atoms with E-state index < -0.39 is 0 Å². The Morgan fingerprint density at radius 2 is 1.61 bits per heavy atom. The Morgan fingerprint density at radius 1 is 0.870 bits per heavy atom. The molecule has 0 saturated carbocycles. The van der Waals surface area contributed by atoms with Crippen LogP contribution < -0.4 is 0 Å². The lowest BCUT2D eigenvalue weighted by Crippen LogP contribution is -1.84. The van der Waals surface area contributed by atoms with E-state index in [0.717, 1.165) is 21.9 Å². The molecule has 108 valence electrons. The zero-order chi connectivity index (χ0) is 15.6. The number of allylic oxidation sites excluding steroid dienone is 1. The van der Waals surface area contributed by atoms with Crippen molar-refractivity contribution in [3.63, 3.8) is 0 Å². The molecule has 0 aliphatic rings. The van der Waals surface area contributed by atoms with Crippen LogP contribution in [0.4, 0.5) is 0 Å². The van der Waals surface area contributed by atoms with Crippen molar-refractivity contribution in [1.29, 1.82) is 5.26 Å². The van der Waals surface area contributed by atoms with Crippen LogP contribution in [0, 0.1) is 11.3 Å². The fourth-order valence-electron chi connectivity index (χ4n) is 2.90. The lowest BCUT2D eigenvalue weighted by Gasteiger charge is -2.05. The van der Waals surface area contributed by atoms with Crippen molar-refractivity contribution < 1.29 is 0 Å². The van der Waals surface area contributed by atoms with Gasteiger partial charge in [-0.25, -0.2) is 0 Å². The third-order valence-electron chi connectivity index (χ3n) is 4.01. The zero-order valence-corrected chi connectivity index (χ0v) is 13.2. The Kier molecular flexibility index (Phi) is 3.42. The topological polar surface area (TPSA) is 23.8 Å². The van der Waals surface area contributed by atoms with Gasteiger partial charge in [-0.15, -0.1) is 11.3 Å². The van der Waals surface area contributed by atoms with Gasteiger partial charge in [-0.1, -0.05) is 60.7 Å². The SMILES string of the molecule is N#C/C(=C\c1csc2ccccc12)c1cccc2ccccc12. The number of thiophene rings is 1. The van der Waals surface area contributed by atoms with Crippen molar-refractivity contribution in [3.05, 3.63) is 83.2 Å². The lowest BCUT2D eigenvalue weighted by molar-refractivity contribution is 1.53. The van der Waals surface area contributed by atoms with Crippen LogP contribution >= 0.6 is 11.3 Å². The van der Waals surface area contributed by atoms with Crippen LogP contribution in [0.25, 0.3) is 32.5 Å². The molecule has 2 heteroatoms. The lowest BCUT2D eigenvalue weighted by atomic mass is 9.97. The molecule has 4 rings (SSSR count). The summed E-state index contributed by atoms with van der Waals surface area (Å²) in [6, 6.07) is 25.0. The van der Waals surface area contributed by atoms with E-state index in [1.54, 1.807) is 11.3 Å². The first-order chi connectivity index (χ1) is 11.4. The molecule has 0 saturated heterocycles. The summed E-state index contributed by atoms with van der Waals surface area (Å²) < 4.78 is 1.24. The summed E-state index contributed by atoms with van der Waals surface area (Å²) in [5.41, 5.74) is 2.79. The summed E-state index contributed by atoms with van der Waals surface area (Å²) in [5, 5.41) is 15.3. The molecule has 3 aromatic carbocycles. The quantitative estimate of drug-likeness (QED) is 0.409. The minimum Gasteiger partial charge on any atom is -0.192 e. The van der Waals surface area contributed by atoms with Crippen molar-refractivity contribution in [1.82, 2.24) is 0 Å². The van der Waals surface area contributed by atoms with Gasteiger partial charge < -0.3 is 0 Å². The molecule has 1 heterocycles. The molecule has 0 amide bonds. The van der Waals surface area contributed by atoms with Gasteiger partial charge in [0.25, 0.3) is 0 Å². The number of hydrogen-bond donors (Lipinski definition) is 0. The van der Waals surface area contributed by atoms with Crippen LogP contribution in [0.2, 0.25) is 0 Å².